The molecule has 2 saturated carbocycles. The number of carbonyl (C=O) groups is 1. The maximum atomic E-state index is 12.8. The van der Waals surface area contributed by atoms with Gasteiger partial charge in [-0.1, -0.05) is 32.9 Å². The second-order valence-corrected chi connectivity index (χ2v) is 8.56. The van der Waals surface area contributed by atoms with Crippen molar-refractivity contribution in [1.29, 1.82) is 0 Å². The number of hydrogen-bond acceptors (Lipinski definition) is 5. The predicted molar refractivity (Wildman–Crippen MR) is 102 cm³/mol. The molecule has 2 aliphatic rings. The molecular weight excluding hydrogens is 344 g/mol. The second-order valence-electron chi connectivity index (χ2n) is 8.56. The predicted octanol–water partition coefficient (Wildman–Crippen LogP) is 4.56. The topological polar surface area (TPSA) is 65.7 Å². The van der Waals surface area contributed by atoms with Gasteiger partial charge in [0.25, 0.3) is 0 Å². The van der Waals surface area contributed by atoms with Gasteiger partial charge < -0.3 is 13.9 Å². The van der Waals surface area contributed by atoms with Crippen LogP contribution in [0.15, 0.2) is 33.5 Å². The third kappa shape index (κ3) is 2.59. The minimum atomic E-state index is -0.688. The van der Waals surface area contributed by atoms with Crippen molar-refractivity contribution in [3.05, 3.63) is 40.2 Å². The summed E-state index contributed by atoms with van der Waals surface area (Å²) in [6.45, 7) is 9.05. The Hall–Kier alpha value is -2.30. The Morgan fingerprint density at radius 2 is 2.07 bits per heavy atom. The molecule has 0 saturated heterocycles. The van der Waals surface area contributed by atoms with Crippen molar-refractivity contribution < 1.29 is 18.7 Å². The van der Waals surface area contributed by atoms with E-state index in [-0.39, 0.29) is 22.5 Å². The largest absolute Gasteiger partial charge is 0.490 e. The van der Waals surface area contributed by atoms with Gasteiger partial charge in [-0.2, -0.15) is 0 Å². The highest BCUT2D eigenvalue weighted by Crippen LogP contribution is 2.66. The molecule has 0 aliphatic heterocycles. The molecule has 144 valence electrons. The van der Waals surface area contributed by atoms with Gasteiger partial charge in [0, 0.05) is 10.8 Å². The zero-order valence-corrected chi connectivity index (χ0v) is 16.3. The summed E-state index contributed by atoms with van der Waals surface area (Å²) in [5.74, 6) is 0.457. The fraction of sp³-hybridized carbons (Fsp3) is 0.545. The number of hydrogen-bond donors (Lipinski definition) is 0. The average Bonchev–Trinajstić information content (AvgIpc) is 2.95. The van der Waals surface area contributed by atoms with Gasteiger partial charge in [-0.05, 0) is 49.7 Å². The van der Waals surface area contributed by atoms with E-state index in [9.17, 15) is 9.59 Å². The van der Waals surface area contributed by atoms with E-state index in [1.54, 1.807) is 18.2 Å². The van der Waals surface area contributed by atoms with Crippen molar-refractivity contribution in [2.45, 2.75) is 53.1 Å². The highest BCUT2D eigenvalue weighted by atomic mass is 16.5. The fourth-order valence-corrected chi connectivity index (χ4v) is 5.03. The SMILES string of the molecule is CCOc1cccc2cc(C(=O)OC3CC4CCC3(C)C4(C)C)c(=O)oc12. The molecule has 0 spiro atoms. The van der Waals surface area contributed by atoms with Gasteiger partial charge >= 0.3 is 11.6 Å². The Kier molecular flexibility index (Phi) is 4.09. The third-order valence-corrected chi connectivity index (χ3v) is 7.21. The Labute approximate surface area is 158 Å². The molecule has 27 heavy (non-hydrogen) atoms. The minimum Gasteiger partial charge on any atom is -0.490 e. The highest BCUT2D eigenvalue weighted by Gasteiger charge is 2.62. The van der Waals surface area contributed by atoms with Crippen molar-refractivity contribution in [3.8, 4) is 5.75 Å². The van der Waals surface area contributed by atoms with Gasteiger partial charge in [0.2, 0.25) is 0 Å². The molecule has 0 amide bonds. The van der Waals surface area contributed by atoms with Gasteiger partial charge in [0.15, 0.2) is 11.3 Å². The number of rotatable bonds is 4. The summed E-state index contributed by atoms with van der Waals surface area (Å²) in [4.78, 5) is 25.2. The van der Waals surface area contributed by atoms with Crippen molar-refractivity contribution in [1.82, 2.24) is 0 Å². The molecule has 2 bridgehead atoms. The van der Waals surface area contributed by atoms with E-state index < -0.39 is 11.6 Å². The average molecular weight is 370 g/mol. The quantitative estimate of drug-likeness (QED) is 0.583. The first-order chi connectivity index (χ1) is 12.8. The summed E-state index contributed by atoms with van der Waals surface area (Å²) in [6, 6.07) is 6.89. The summed E-state index contributed by atoms with van der Waals surface area (Å²) in [5.41, 5.74) is -0.299. The number of fused-ring (bicyclic) bond motifs is 3. The lowest BCUT2D eigenvalue weighted by atomic mass is 9.70. The van der Waals surface area contributed by atoms with E-state index in [4.69, 9.17) is 13.9 Å². The van der Waals surface area contributed by atoms with E-state index in [2.05, 4.69) is 20.8 Å². The number of esters is 1. The van der Waals surface area contributed by atoms with Crippen molar-refractivity contribution in [3.63, 3.8) is 0 Å². The van der Waals surface area contributed by atoms with Crippen LogP contribution in [0.3, 0.4) is 0 Å². The summed E-state index contributed by atoms with van der Waals surface area (Å²) in [7, 11) is 0. The van der Waals surface area contributed by atoms with E-state index in [1.807, 2.05) is 13.0 Å². The van der Waals surface area contributed by atoms with Crippen molar-refractivity contribution in [2.24, 2.45) is 16.7 Å². The van der Waals surface area contributed by atoms with Crippen LogP contribution in [0, 0.1) is 16.7 Å². The van der Waals surface area contributed by atoms with Crippen LogP contribution >= 0.6 is 0 Å². The number of carbonyl (C=O) groups excluding carboxylic acids is 1. The van der Waals surface area contributed by atoms with Gasteiger partial charge in [-0.15, -0.1) is 0 Å². The molecular formula is C22H26O5. The van der Waals surface area contributed by atoms with E-state index in [1.165, 1.54) is 6.42 Å². The molecule has 1 aromatic carbocycles. The second kappa shape index (κ2) is 6.11. The summed E-state index contributed by atoms with van der Waals surface area (Å²) in [5, 5.41) is 0.645. The lowest BCUT2D eigenvalue weighted by molar-refractivity contribution is -0.0245. The molecule has 2 aliphatic carbocycles. The standard InChI is InChI=1S/C22H26O5/c1-5-25-16-8-6-7-13-11-15(20(24)27-18(13)16)19(23)26-17-12-14-9-10-22(17,4)21(14,2)3/h6-8,11,14,17H,5,9-10,12H2,1-4H3. The highest BCUT2D eigenvalue weighted by molar-refractivity contribution is 5.94. The Balaban J connectivity index is 1.64. The zero-order valence-electron chi connectivity index (χ0n) is 16.3. The first-order valence-corrected chi connectivity index (χ1v) is 9.68. The lowest BCUT2D eigenvalue weighted by Crippen LogP contribution is -2.38. The van der Waals surface area contributed by atoms with E-state index >= 15 is 0 Å². The van der Waals surface area contributed by atoms with Crippen LogP contribution in [0.1, 0.15) is 57.3 Å². The van der Waals surface area contributed by atoms with E-state index in [0.717, 1.165) is 12.8 Å². The molecule has 5 heteroatoms. The summed E-state index contributed by atoms with van der Waals surface area (Å²) in [6.07, 6.45) is 2.93. The van der Waals surface area contributed by atoms with Gasteiger partial charge in [-0.3, -0.25) is 0 Å². The maximum absolute atomic E-state index is 12.8. The number of para-hydroxylation sites is 1. The van der Waals surface area contributed by atoms with Crippen LogP contribution in [-0.4, -0.2) is 18.7 Å². The van der Waals surface area contributed by atoms with Crippen LogP contribution < -0.4 is 10.4 Å². The van der Waals surface area contributed by atoms with E-state index in [0.29, 0.717) is 29.2 Å². The molecule has 5 nitrogen and oxygen atoms in total. The molecule has 2 fully saturated rings. The lowest BCUT2D eigenvalue weighted by Gasteiger charge is -2.38. The van der Waals surface area contributed by atoms with Crippen LogP contribution in [0.5, 0.6) is 5.75 Å². The van der Waals surface area contributed by atoms with Crippen LogP contribution in [0.25, 0.3) is 11.0 Å². The molecule has 3 atom stereocenters. The third-order valence-electron chi connectivity index (χ3n) is 7.21. The molecule has 4 rings (SSSR count). The first-order valence-electron chi connectivity index (χ1n) is 9.68. The summed E-state index contributed by atoms with van der Waals surface area (Å²) < 4.78 is 16.8. The zero-order chi connectivity index (χ0) is 19.4. The number of benzene rings is 1. The van der Waals surface area contributed by atoms with Gasteiger partial charge in [-0.25, -0.2) is 9.59 Å². The van der Waals surface area contributed by atoms with Crippen molar-refractivity contribution in [2.75, 3.05) is 6.61 Å². The minimum absolute atomic E-state index is 0.0491. The van der Waals surface area contributed by atoms with Crippen LogP contribution in [-0.2, 0) is 4.74 Å². The normalized spacial score (nSPS) is 28.4. The van der Waals surface area contributed by atoms with Gasteiger partial charge in [0.05, 0.1) is 6.61 Å². The van der Waals surface area contributed by atoms with Crippen molar-refractivity contribution >= 4 is 16.9 Å². The number of ether oxygens (including phenoxy) is 2. The smallest absolute Gasteiger partial charge is 0.351 e. The first kappa shape index (κ1) is 18.1. The Morgan fingerprint density at radius 3 is 2.70 bits per heavy atom. The molecule has 0 N–H and O–H groups in total. The molecule has 2 aromatic rings. The maximum Gasteiger partial charge on any atom is 0.351 e. The van der Waals surface area contributed by atoms with Crippen LogP contribution in [0.2, 0.25) is 0 Å². The van der Waals surface area contributed by atoms with Gasteiger partial charge in [0.1, 0.15) is 11.7 Å². The molecule has 3 unspecified atom stereocenters. The molecule has 1 aromatic heterocycles. The van der Waals surface area contributed by atoms with Crippen LogP contribution in [0.4, 0.5) is 0 Å². The monoisotopic (exact) mass is 370 g/mol. The molecule has 1 heterocycles. The summed E-state index contributed by atoms with van der Waals surface area (Å²) >= 11 is 0. The molecule has 0 radical (unpaired) electrons. The fourth-order valence-electron chi connectivity index (χ4n) is 5.03. The Morgan fingerprint density at radius 1 is 1.30 bits per heavy atom. The Bertz CT molecular complexity index is 957.